The van der Waals surface area contributed by atoms with Crippen LogP contribution in [0.4, 0.5) is 8.78 Å². The van der Waals surface area contributed by atoms with Gasteiger partial charge in [-0.2, -0.15) is 0 Å². The van der Waals surface area contributed by atoms with Crippen LogP contribution in [-0.4, -0.2) is 5.11 Å². The predicted octanol–water partition coefficient (Wildman–Crippen LogP) is 3.97. The Balaban J connectivity index is 2.16. The van der Waals surface area contributed by atoms with Crippen molar-refractivity contribution in [1.29, 1.82) is 0 Å². The van der Waals surface area contributed by atoms with Crippen LogP contribution in [0.2, 0.25) is 0 Å². The number of aliphatic hydroxyl groups is 1. The highest BCUT2D eigenvalue weighted by atomic mass is 19.1. The van der Waals surface area contributed by atoms with Crippen molar-refractivity contribution in [3.05, 3.63) is 71.5 Å². The van der Waals surface area contributed by atoms with Crippen molar-refractivity contribution in [2.24, 2.45) is 0 Å². The third-order valence-electron chi connectivity index (χ3n) is 3.36. The molecule has 0 saturated heterocycles. The standard InChI is InChI=1S/C16H12F2O2/c1-16(19,11-5-3-6-12(17)9-11)14-8-10-4-2-7-13(18)15(10)20-14/h2-9,19H,1H3. The maximum atomic E-state index is 13.6. The molecule has 0 spiro atoms. The van der Waals surface area contributed by atoms with E-state index in [1.54, 1.807) is 24.3 Å². The Labute approximate surface area is 114 Å². The first kappa shape index (κ1) is 12.8. The normalized spacial score (nSPS) is 14.4. The van der Waals surface area contributed by atoms with Crippen LogP contribution in [-0.2, 0) is 5.60 Å². The van der Waals surface area contributed by atoms with Crippen LogP contribution in [0.25, 0.3) is 11.0 Å². The van der Waals surface area contributed by atoms with Crippen molar-refractivity contribution < 1.29 is 18.3 Å². The molecule has 1 aromatic heterocycles. The van der Waals surface area contributed by atoms with E-state index < -0.39 is 17.2 Å². The van der Waals surface area contributed by atoms with Crippen LogP contribution in [0.5, 0.6) is 0 Å². The lowest BCUT2D eigenvalue weighted by Crippen LogP contribution is -2.22. The second-order valence-corrected chi connectivity index (χ2v) is 4.85. The van der Waals surface area contributed by atoms with E-state index in [0.717, 1.165) is 0 Å². The van der Waals surface area contributed by atoms with Gasteiger partial charge in [0.15, 0.2) is 11.4 Å². The summed E-state index contributed by atoms with van der Waals surface area (Å²) in [6.07, 6.45) is 0. The predicted molar refractivity (Wildman–Crippen MR) is 71.2 cm³/mol. The van der Waals surface area contributed by atoms with Crippen molar-refractivity contribution in [2.75, 3.05) is 0 Å². The molecule has 4 heteroatoms. The third kappa shape index (κ3) is 1.98. The number of hydrogen-bond donors (Lipinski definition) is 1. The molecule has 1 heterocycles. The van der Waals surface area contributed by atoms with Crippen molar-refractivity contribution >= 4 is 11.0 Å². The maximum Gasteiger partial charge on any atom is 0.170 e. The molecule has 2 nitrogen and oxygen atoms in total. The van der Waals surface area contributed by atoms with Crippen molar-refractivity contribution in [3.63, 3.8) is 0 Å². The Kier molecular flexibility index (Phi) is 2.83. The summed E-state index contributed by atoms with van der Waals surface area (Å²) in [5, 5.41) is 11.1. The molecule has 0 saturated carbocycles. The summed E-state index contributed by atoms with van der Waals surface area (Å²) in [5.41, 5.74) is -1.11. The van der Waals surface area contributed by atoms with E-state index in [4.69, 9.17) is 4.42 Å². The zero-order chi connectivity index (χ0) is 14.3. The number of rotatable bonds is 2. The van der Waals surface area contributed by atoms with Crippen LogP contribution in [0.1, 0.15) is 18.2 Å². The molecule has 3 aromatic rings. The van der Waals surface area contributed by atoms with Crippen LogP contribution < -0.4 is 0 Å². The first-order valence-electron chi connectivity index (χ1n) is 6.15. The lowest BCUT2D eigenvalue weighted by molar-refractivity contribution is 0.0781. The van der Waals surface area contributed by atoms with Gasteiger partial charge in [0.2, 0.25) is 0 Å². The summed E-state index contributed by atoms with van der Waals surface area (Å²) in [6, 6.07) is 11.7. The van der Waals surface area contributed by atoms with Gasteiger partial charge in [-0.1, -0.05) is 24.3 Å². The largest absolute Gasteiger partial charge is 0.455 e. The number of halogens is 2. The fourth-order valence-corrected chi connectivity index (χ4v) is 2.20. The smallest absolute Gasteiger partial charge is 0.170 e. The zero-order valence-corrected chi connectivity index (χ0v) is 10.7. The Bertz CT molecular complexity index is 775. The molecule has 1 atom stereocenters. The summed E-state index contributed by atoms with van der Waals surface area (Å²) < 4.78 is 32.3. The lowest BCUT2D eigenvalue weighted by Gasteiger charge is -2.21. The fraction of sp³-hybridized carbons (Fsp3) is 0.125. The Morgan fingerprint density at radius 3 is 2.50 bits per heavy atom. The fourth-order valence-electron chi connectivity index (χ4n) is 2.20. The van der Waals surface area contributed by atoms with E-state index >= 15 is 0 Å². The van der Waals surface area contributed by atoms with Gasteiger partial charge in [0.05, 0.1) is 0 Å². The van der Waals surface area contributed by atoms with Gasteiger partial charge in [-0.15, -0.1) is 0 Å². The van der Waals surface area contributed by atoms with Gasteiger partial charge >= 0.3 is 0 Å². The Hall–Kier alpha value is -2.20. The van der Waals surface area contributed by atoms with Crippen LogP contribution in [0.3, 0.4) is 0 Å². The molecule has 0 aliphatic rings. The van der Waals surface area contributed by atoms with E-state index in [2.05, 4.69) is 0 Å². The van der Waals surface area contributed by atoms with Gasteiger partial charge in [-0.3, -0.25) is 0 Å². The average molecular weight is 274 g/mol. The van der Waals surface area contributed by atoms with E-state index in [1.165, 1.54) is 31.2 Å². The molecule has 102 valence electrons. The minimum Gasteiger partial charge on any atom is -0.455 e. The molecular formula is C16H12F2O2. The SMILES string of the molecule is CC(O)(c1cccc(F)c1)c1cc2cccc(F)c2o1. The molecule has 0 aliphatic carbocycles. The minimum absolute atomic E-state index is 0.0826. The third-order valence-corrected chi connectivity index (χ3v) is 3.36. The Morgan fingerprint density at radius 2 is 1.80 bits per heavy atom. The van der Waals surface area contributed by atoms with Gasteiger partial charge in [-0.25, -0.2) is 8.78 Å². The van der Waals surface area contributed by atoms with Gasteiger partial charge in [0.1, 0.15) is 17.2 Å². The second-order valence-electron chi connectivity index (χ2n) is 4.85. The van der Waals surface area contributed by atoms with Gasteiger partial charge in [0, 0.05) is 5.39 Å². The van der Waals surface area contributed by atoms with Crippen LogP contribution in [0, 0.1) is 11.6 Å². The number of furan rings is 1. The quantitative estimate of drug-likeness (QED) is 0.767. The summed E-state index contributed by atoms with van der Waals surface area (Å²) in [7, 11) is 0. The molecule has 1 N–H and O–H groups in total. The number of benzene rings is 2. The van der Waals surface area contributed by atoms with Crippen LogP contribution in [0.15, 0.2) is 52.9 Å². The van der Waals surface area contributed by atoms with Gasteiger partial charge < -0.3 is 9.52 Å². The van der Waals surface area contributed by atoms with E-state index in [1.807, 2.05) is 0 Å². The topological polar surface area (TPSA) is 33.4 Å². The Morgan fingerprint density at radius 1 is 1.05 bits per heavy atom. The maximum absolute atomic E-state index is 13.6. The first-order chi connectivity index (χ1) is 9.48. The molecular weight excluding hydrogens is 262 g/mol. The summed E-state index contributed by atoms with van der Waals surface area (Å²) >= 11 is 0. The lowest BCUT2D eigenvalue weighted by atomic mass is 9.93. The molecule has 0 aliphatic heterocycles. The summed E-state index contributed by atoms with van der Waals surface area (Å²) in [6.45, 7) is 1.48. The molecule has 3 rings (SSSR count). The number of hydrogen-bond acceptors (Lipinski definition) is 2. The molecule has 0 bridgehead atoms. The molecule has 0 amide bonds. The van der Waals surface area contributed by atoms with Crippen LogP contribution >= 0.6 is 0 Å². The highest BCUT2D eigenvalue weighted by molar-refractivity contribution is 5.78. The highest BCUT2D eigenvalue weighted by Gasteiger charge is 2.30. The summed E-state index contributed by atoms with van der Waals surface area (Å²) in [4.78, 5) is 0. The van der Waals surface area contributed by atoms with E-state index in [0.29, 0.717) is 10.9 Å². The second kappa shape index (κ2) is 4.42. The average Bonchev–Trinajstić information content (AvgIpc) is 2.85. The molecule has 2 aromatic carbocycles. The monoisotopic (exact) mass is 274 g/mol. The summed E-state index contributed by atoms with van der Waals surface area (Å²) in [5.74, 6) is -0.781. The number of fused-ring (bicyclic) bond motifs is 1. The molecule has 0 fully saturated rings. The van der Waals surface area contributed by atoms with Crippen molar-refractivity contribution in [3.8, 4) is 0 Å². The highest BCUT2D eigenvalue weighted by Crippen LogP contribution is 2.34. The van der Waals surface area contributed by atoms with Gasteiger partial charge in [0.25, 0.3) is 0 Å². The minimum atomic E-state index is -1.53. The molecule has 20 heavy (non-hydrogen) atoms. The zero-order valence-electron chi connectivity index (χ0n) is 10.7. The van der Waals surface area contributed by atoms with Crippen molar-refractivity contribution in [1.82, 2.24) is 0 Å². The first-order valence-corrected chi connectivity index (χ1v) is 6.15. The van der Waals surface area contributed by atoms with E-state index in [-0.39, 0.29) is 11.3 Å². The molecule has 0 radical (unpaired) electrons. The number of para-hydroxylation sites is 1. The van der Waals surface area contributed by atoms with Crippen molar-refractivity contribution in [2.45, 2.75) is 12.5 Å². The van der Waals surface area contributed by atoms with Gasteiger partial charge in [-0.05, 0) is 36.8 Å². The molecule has 1 unspecified atom stereocenters. The van der Waals surface area contributed by atoms with E-state index in [9.17, 15) is 13.9 Å².